The van der Waals surface area contributed by atoms with Gasteiger partial charge in [-0.05, 0) is 35.6 Å². The molecular formula is C26H27N3O5S. The van der Waals surface area contributed by atoms with Crippen molar-refractivity contribution in [2.75, 3.05) is 13.2 Å². The number of fused-ring (bicyclic) bond motifs is 3. The second-order valence-electron chi connectivity index (χ2n) is 8.44. The molecule has 0 saturated heterocycles. The molecule has 4 rings (SSSR count). The molecule has 1 aliphatic carbocycles. The summed E-state index contributed by atoms with van der Waals surface area (Å²) < 4.78 is 5.53. The quantitative estimate of drug-likeness (QED) is 0.390. The van der Waals surface area contributed by atoms with E-state index in [1.807, 2.05) is 24.3 Å². The Morgan fingerprint density at radius 1 is 1.09 bits per heavy atom. The van der Waals surface area contributed by atoms with Crippen molar-refractivity contribution in [3.8, 4) is 11.1 Å². The molecule has 0 radical (unpaired) electrons. The van der Waals surface area contributed by atoms with Gasteiger partial charge in [0.25, 0.3) is 5.91 Å². The van der Waals surface area contributed by atoms with Crippen molar-refractivity contribution < 1.29 is 24.2 Å². The molecule has 3 aromatic rings. The number of benzene rings is 2. The zero-order chi connectivity index (χ0) is 24.8. The summed E-state index contributed by atoms with van der Waals surface area (Å²) in [5.41, 5.74) is 4.96. The van der Waals surface area contributed by atoms with Gasteiger partial charge in [0.15, 0.2) is 0 Å². The van der Waals surface area contributed by atoms with E-state index in [1.165, 1.54) is 22.5 Å². The number of nitrogens with one attached hydrogen (secondary N) is 2. The highest BCUT2D eigenvalue weighted by Crippen LogP contribution is 2.44. The first-order valence-corrected chi connectivity index (χ1v) is 12.4. The van der Waals surface area contributed by atoms with Crippen LogP contribution in [0, 0.1) is 0 Å². The van der Waals surface area contributed by atoms with Gasteiger partial charge in [0.1, 0.15) is 12.3 Å². The van der Waals surface area contributed by atoms with Crippen molar-refractivity contribution in [2.24, 2.45) is 0 Å². The lowest BCUT2D eigenvalue weighted by molar-refractivity contribution is -0.137. The predicted octanol–water partition coefficient (Wildman–Crippen LogP) is 4.21. The van der Waals surface area contributed by atoms with Crippen LogP contribution in [0.15, 0.2) is 53.9 Å². The maximum Gasteiger partial charge on any atom is 0.407 e. The number of aliphatic carboxylic acids is 1. The minimum absolute atomic E-state index is 0.00562. The number of hydrogen-bond acceptors (Lipinski definition) is 6. The Morgan fingerprint density at radius 3 is 2.40 bits per heavy atom. The summed E-state index contributed by atoms with van der Waals surface area (Å²) in [6.07, 6.45) is 0.318. The molecule has 3 N–H and O–H groups in total. The Hall–Kier alpha value is -3.72. The van der Waals surface area contributed by atoms with Crippen LogP contribution in [0.5, 0.6) is 0 Å². The number of carboxylic acid groups (broad SMARTS) is 1. The smallest absolute Gasteiger partial charge is 0.407 e. The van der Waals surface area contributed by atoms with Crippen LogP contribution in [0.25, 0.3) is 11.1 Å². The van der Waals surface area contributed by atoms with E-state index < -0.39 is 12.1 Å². The minimum atomic E-state index is -0.897. The number of nitrogens with zero attached hydrogens (tertiary/aromatic N) is 1. The number of ether oxygens (including phenoxy) is 1. The fourth-order valence-corrected chi connectivity index (χ4v) is 4.94. The first kappa shape index (κ1) is 24.4. The number of carbonyl (C=O) groups excluding carboxylic acids is 2. The molecule has 0 spiro atoms. The van der Waals surface area contributed by atoms with Crippen LogP contribution in [0.1, 0.15) is 52.3 Å². The minimum Gasteiger partial charge on any atom is -0.481 e. The van der Waals surface area contributed by atoms with Crippen LogP contribution in [-0.2, 0) is 16.0 Å². The van der Waals surface area contributed by atoms with Gasteiger partial charge in [0.2, 0.25) is 0 Å². The van der Waals surface area contributed by atoms with Crippen molar-refractivity contribution in [1.82, 2.24) is 15.6 Å². The van der Waals surface area contributed by atoms with Crippen LogP contribution >= 0.6 is 11.3 Å². The molecule has 1 heterocycles. The van der Waals surface area contributed by atoms with Crippen LogP contribution in [-0.4, -0.2) is 47.3 Å². The summed E-state index contributed by atoms with van der Waals surface area (Å²) in [7, 11) is 0. The van der Waals surface area contributed by atoms with E-state index in [9.17, 15) is 14.4 Å². The first-order chi connectivity index (χ1) is 16.9. The summed E-state index contributed by atoms with van der Waals surface area (Å²) in [6.45, 7) is 2.34. The average Bonchev–Trinajstić information content (AvgIpc) is 3.44. The van der Waals surface area contributed by atoms with Crippen LogP contribution in [0.4, 0.5) is 4.79 Å². The fourth-order valence-electron chi connectivity index (χ4n) is 4.16. The normalized spacial score (nSPS) is 12.9. The molecule has 1 unspecified atom stereocenters. The third-order valence-corrected chi connectivity index (χ3v) is 6.81. The van der Waals surface area contributed by atoms with E-state index >= 15 is 0 Å². The SMILES string of the molecule is CC(CCC(=O)O)NC(=O)c1csc(CCNC(=O)OCC2c3ccccc3-c3ccccc32)n1. The molecular weight excluding hydrogens is 466 g/mol. The molecule has 2 aromatic carbocycles. The Balaban J connectivity index is 1.23. The standard InChI is InChI=1S/C26H27N3O5S/c1-16(10-11-24(30)31)28-25(32)22-15-35-23(29-22)12-13-27-26(33)34-14-21-19-8-4-2-6-17(19)18-7-3-5-9-20(18)21/h2-9,15-16,21H,10-14H2,1H3,(H,27,33)(H,28,32)(H,30,31). The van der Waals surface area contributed by atoms with Crippen molar-refractivity contribution in [3.63, 3.8) is 0 Å². The number of alkyl carbamates (subject to hydrolysis) is 1. The summed E-state index contributed by atoms with van der Waals surface area (Å²) in [5.74, 6) is -1.23. The Morgan fingerprint density at radius 2 is 1.74 bits per heavy atom. The van der Waals surface area contributed by atoms with Crippen molar-refractivity contribution in [3.05, 3.63) is 75.7 Å². The van der Waals surface area contributed by atoms with Crippen molar-refractivity contribution >= 4 is 29.3 Å². The number of hydrogen-bond donors (Lipinski definition) is 3. The third kappa shape index (κ3) is 6.05. The second kappa shape index (κ2) is 11.1. The molecule has 0 bridgehead atoms. The zero-order valence-electron chi connectivity index (χ0n) is 19.3. The lowest BCUT2D eigenvalue weighted by atomic mass is 9.98. The number of amides is 2. The maximum absolute atomic E-state index is 12.3. The van der Waals surface area contributed by atoms with E-state index in [0.717, 1.165) is 11.1 Å². The van der Waals surface area contributed by atoms with Crippen LogP contribution in [0.2, 0.25) is 0 Å². The number of aromatic nitrogens is 1. The molecule has 0 saturated carbocycles. The molecule has 0 fully saturated rings. The van der Waals surface area contributed by atoms with E-state index in [-0.39, 0.29) is 36.6 Å². The molecule has 2 amide bonds. The van der Waals surface area contributed by atoms with E-state index in [4.69, 9.17) is 9.84 Å². The van der Waals surface area contributed by atoms with Gasteiger partial charge in [-0.2, -0.15) is 0 Å². The summed E-state index contributed by atoms with van der Waals surface area (Å²) in [6, 6.07) is 16.1. The highest BCUT2D eigenvalue weighted by atomic mass is 32.1. The Bertz CT molecular complexity index is 1180. The van der Waals surface area contributed by atoms with Crippen molar-refractivity contribution in [1.29, 1.82) is 0 Å². The summed E-state index contributed by atoms with van der Waals surface area (Å²) in [4.78, 5) is 39.5. The largest absolute Gasteiger partial charge is 0.481 e. The van der Waals surface area contributed by atoms with Crippen LogP contribution < -0.4 is 10.6 Å². The molecule has 1 aliphatic rings. The van der Waals surface area contributed by atoms with E-state index in [0.29, 0.717) is 24.4 Å². The van der Waals surface area contributed by atoms with Gasteiger partial charge in [-0.25, -0.2) is 9.78 Å². The third-order valence-electron chi connectivity index (χ3n) is 5.90. The molecule has 1 atom stereocenters. The topological polar surface area (TPSA) is 118 Å². The second-order valence-corrected chi connectivity index (χ2v) is 9.38. The average molecular weight is 494 g/mol. The van der Waals surface area contributed by atoms with Gasteiger partial charge in [-0.15, -0.1) is 11.3 Å². The Labute approximate surface area is 207 Å². The van der Waals surface area contributed by atoms with Crippen molar-refractivity contribution in [2.45, 2.75) is 38.1 Å². The first-order valence-electron chi connectivity index (χ1n) is 11.5. The monoisotopic (exact) mass is 493 g/mol. The predicted molar refractivity (Wildman–Crippen MR) is 133 cm³/mol. The number of rotatable bonds is 10. The van der Waals surface area contributed by atoms with Gasteiger partial charge in [0, 0.05) is 36.7 Å². The van der Waals surface area contributed by atoms with Gasteiger partial charge in [-0.1, -0.05) is 48.5 Å². The van der Waals surface area contributed by atoms with E-state index in [1.54, 1.807) is 12.3 Å². The number of thiazole rings is 1. The number of carbonyl (C=O) groups is 3. The highest BCUT2D eigenvalue weighted by Gasteiger charge is 2.29. The molecule has 8 nitrogen and oxygen atoms in total. The summed E-state index contributed by atoms with van der Waals surface area (Å²) in [5, 5.41) is 16.6. The highest BCUT2D eigenvalue weighted by molar-refractivity contribution is 7.09. The fraction of sp³-hybridized carbons (Fsp3) is 0.308. The molecule has 182 valence electrons. The Kier molecular flexibility index (Phi) is 7.77. The molecule has 0 aliphatic heterocycles. The van der Waals surface area contributed by atoms with Gasteiger partial charge < -0.3 is 20.5 Å². The van der Waals surface area contributed by atoms with Crippen LogP contribution in [0.3, 0.4) is 0 Å². The van der Waals surface area contributed by atoms with Gasteiger partial charge in [0.05, 0.1) is 5.01 Å². The lowest BCUT2D eigenvalue weighted by Crippen LogP contribution is -2.33. The zero-order valence-corrected chi connectivity index (χ0v) is 20.1. The molecule has 9 heteroatoms. The van der Waals surface area contributed by atoms with Gasteiger partial charge >= 0.3 is 12.1 Å². The maximum atomic E-state index is 12.3. The number of carboxylic acids is 1. The van der Waals surface area contributed by atoms with E-state index in [2.05, 4.69) is 39.9 Å². The van der Waals surface area contributed by atoms with Gasteiger partial charge in [-0.3, -0.25) is 9.59 Å². The summed E-state index contributed by atoms with van der Waals surface area (Å²) >= 11 is 1.34. The molecule has 35 heavy (non-hydrogen) atoms. The molecule has 1 aromatic heterocycles. The lowest BCUT2D eigenvalue weighted by Gasteiger charge is -2.14.